The summed E-state index contributed by atoms with van der Waals surface area (Å²) in [5.74, 6) is -1.34. The van der Waals surface area contributed by atoms with Gasteiger partial charge >= 0.3 is 17.9 Å². The molecule has 0 aliphatic carbocycles. The Morgan fingerprint density at radius 3 is 1.83 bits per heavy atom. The topological polar surface area (TPSA) is 128 Å². The summed E-state index contributed by atoms with van der Waals surface area (Å²) < 4.78 is 10.1. The smallest absolute Gasteiger partial charge is 0.347 e. The van der Waals surface area contributed by atoms with Crippen molar-refractivity contribution in [1.29, 1.82) is 0 Å². The molecule has 0 bridgehead atoms. The Labute approximate surface area is 179 Å². The van der Waals surface area contributed by atoms with Crippen molar-refractivity contribution in [1.82, 2.24) is 0 Å². The highest BCUT2D eigenvalue weighted by Gasteiger charge is 2.24. The molecule has 0 aliphatic heterocycles. The van der Waals surface area contributed by atoms with Gasteiger partial charge in [-0.3, -0.25) is 4.79 Å². The summed E-state index contributed by atoms with van der Waals surface area (Å²) >= 11 is 0. The number of benzene rings is 1. The summed E-state index contributed by atoms with van der Waals surface area (Å²) in [5, 5.41) is 10.9. The van der Waals surface area contributed by atoms with Gasteiger partial charge in [-0.25, -0.2) is 9.59 Å². The number of carboxylic acid groups (broad SMARTS) is 1. The largest absolute Gasteiger partial charge is 0.480 e. The summed E-state index contributed by atoms with van der Waals surface area (Å²) in [6, 6.07) is 5.60. The molecule has 0 saturated heterocycles. The van der Waals surface area contributed by atoms with Crippen molar-refractivity contribution in [3.63, 3.8) is 0 Å². The third-order valence-corrected chi connectivity index (χ3v) is 4.17. The van der Waals surface area contributed by atoms with Crippen LogP contribution in [0.3, 0.4) is 0 Å². The van der Waals surface area contributed by atoms with E-state index in [1.807, 2.05) is 6.07 Å². The second-order valence-electron chi connectivity index (χ2n) is 7.42. The first-order chi connectivity index (χ1) is 14.0. The fourth-order valence-corrected chi connectivity index (χ4v) is 2.58. The van der Waals surface area contributed by atoms with E-state index >= 15 is 0 Å². The minimum absolute atomic E-state index is 0.258. The zero-order valence-electron chi connectivity index (χ0n) is 19.0. The molecule has 2 atom stereocenters. The van der Waals surface area contributed by atoms with E-state index < -0.39 is 30.1 Å². The third kappa shape index (κ3) is 9.26. The van der Waals surface area contributed by atoms with Crippen molar-refractivity contribution < 1.29 is 29.0 Å². The Kier molecular flexibility index (Phi) is 12.4. The van der Waals surface area contributed by atoms with Crippen LogP contribution >= 0.6 is 0 Å². The van der Waals surface area contributed by atoms with Crippen molar-refractivity contribution >= 4 is 23.6 Å². The van der Waals surface area contributed by atoms with Crippen LogP contribution in [0.2, 0.25) is 0 Å². The summed E-state index contributed by atoms with van der Waals surface area (Å²) in [7, 11) is 0. The number of carboxylic acids is 1. The number of nitrogens with one attached hydrogen (secondary N) is 1. The van der Waals surface area contributed by atoms with E-state index in [4.69, 9.17) is 14.6 Å². The average molecular weight is 425 g/mol. The number of nitrogens with two attached hydrogens (primary N) is 1. The van der Waals surface area contributed by atoms with Crippen LogP contribution in [-0.4, -0.2) is 48.3 Å². The Hall–Kier alpha value is -2.61. The van der Waals surface area contributed by atoms with Crippen molar-refractivity contribution in [3.8, 4) is 0 Å². The van der Waals surface area contributed by atoms with E-state index in [1.54, 1.807) is 13.8 Å². The predicted octanol–water partition coefficient (Wildman–Crippen LogP) is 3.26. The number of hydrogen-bond acceptors (Lipinski definition) is 7. The Bertz CT molecular complexity index is 677. The highest BCUT2D eigenvalue weighted by atomic mass is 16.6. The molecule has 0 amide bonds. The molecule has 1 aromatic rings. The lowest BCUT2D eigenvalue weighted by atomic mass is 9.92. The lowest BCUT2D eigenvalue weighted by Crippen LogP contribution is -2.35. The molecule has 0 aliphatic rings. The van der Waals surface area contributed by atoms with Gasteiger partial charge in [0.25, 0.3) is 0 Å². The molecule has 8 nitrogen and oxygen atoms in total. The molecular formula is C22H36N2O6. The highest BCUT2D eigenvalue weighted by molar-refractivity contribution is 5.83. The van der Waals surface area contributed by atoms with E-state index in [0.29, 0.717) is 11.8 Å². The average Bonchev–Trinajstić information content (AvgIpc) is 2.68. The number of carbonyl (C=O) groups excluding carboxylic acids is 2. The fraction of sp³-hybridized carbons (Fsp3) is 0.591. The molecule has 0 spiro atoms. The quantitative estimate of drug-likeness (QED) is 0.515. The van der Waals surface area contributed by atoms with Gasteiger partial charge in [0.1, 0.15) is 6.04 Å². The molecule has 30 heavy (non-hydrogen) atoms. The number of esters is 2. The number of aliphatic carboxylic acids is 1. The summed E-state index contributed by atoms with van der Waals surface area (Å²) in [5.41, 5.74) is 7.86. The van der Waals surface area contributed by atoms with Crippen LogP contribution in [0, 0.1) is 0 Å². The maximum Gasteiger partial charge on any atom is 0.347 e. The monoisotopic (exact) mass is 424 g/mol. The van der Waals surface area contributed by atoms with Crippen LogP contribution in [0.4, 0.5) is 5.69 Å². The second kappa shape index (κ2) is 13.6. The number of para-hydroxylation sites is 1. The summed E-state index contributed by atoms with van der Waals surface area (Å²) in [6.07, 6.45) is -0.915. The van der Waals surface area contributed by atoms with Gasteiger partial charge in [-0.2, -0.15) is 0 Å². The number of rotatable bonds is 9. The number of carbonyl (C=O) groups is 3. The predicted molar refractivity (Wildman–Crippen MR) is 117 cm³/mol. The molecule has 1 aromatic carbocycles. The zero-order chi connectivity index (χ0) is 23.4. The lowest BCUT2D eigenvalue weighted by Gasteiger charge is -2.24. The van der Waals surface area contributed by atoms with Gasteiger partial charge in [0.15, 0.2) is 6.10 Å². The van der Waals surface area contributed by atoms with Crippen LogP contribution in [0.1, 0.15) is 71.4 Å². The number of ether oxygens (including phenoxy) is 2. The van der Waals surface area contributed by atoms with Crippen LogP contribution < -0.4 is 11.1 Å². The molecular weight excluding hydrogens is 388 g/mol. The highest BCUT2D eigenvalue weighted by Crippen LogP contribution is 2.32. The van der Waals surface area contributed by atoms with Crippen LogP contribution in [0.25, 0.3) is 0 Å². The van der Waals surface area contributed by atoms with E-state index in [9.17, 15) is 14.4 Å². The molecule has 1 unspecified atom stereocenters. The molecule has 0 saturated carbocycles. The van der Waals surface area contributed by atoms with E-state index in [1.165, 1.54) is 6.92 Å². The normalized spacial score (nSPS) is 12.5. The van der Waals surface area contributed by atoms with E-state index in [-0.39, 0.29) is 13.2 Å². The number of anilines is 1. The first kappa shape index (κ1) is 27.4. The molecule has 0 aromatic heterocycles. The van der Waals surface area contributed by atoms with Crippen molar-refractivity contribution in [2.75, 3.05) is 18.5 Å². The standard InChI is InChI=1S/C20H31NO4.C2H5NO2/c1-8-24-20(23)15(7)25-19(22)14(6)21-18-16(12(2)3)10-9-11-17(18)13(4)5;3-1-2(4)5/h9-15,21H,8H2,1-7H3;1,3H2,(H,4,5)/t14-,15?;/m0./s1. The SMILES string of the molecule is CCOC(=O)C(C)OC(=O)[C@H](C)Nc1c(C(C)C)cccc1C(C)C.NCC(=O)O. The molecule has 0 fully saturated rings. The van der Waals surface area contributed by atoms with Crippen molar-refractivity contribution in [3.05, 3.63) is 29.3 Å². The van der Waals surface area contributed by atoms with Crippen LogP contribution in [0.5, 0.6) is 0 Å². The molecule has 1 rings (SSSR count). The number of hydrogen-bond donors (Lipinski definition) is 3. The minimum Gasteiger partial charge on any atom is -0.480 e. The molecule has 8 heteroatoms. The molecule has 4 N–H and O–H groups in total. The molecule has 170 valence electrons. The van der Waals surface area contributed by atoms with E-state index in [0.717, 1.165) is 16.8 Å². The summed E-state index contributed by atoms with van der Waals surface area (Å²) in [4.78, 5) is 33.2. The maximum absolute atomic E-state index is 12.3. The molecule has 0 radical (unpaired) electrons. The van der Waals surface area contributed by atoms with Gasteiger partial charge in [0, 0.05) is 5.69 Å². The third-order valence-electron chi connectivity index (χ3n) is 4.17. The first-order valence-electron chi connectivity index (χ1n) is 10.1. The van der Waals surface area contributed by atoms with Gasteiger partial charge < -0.3 is 25.6 Å². The van der Waals surface area contributed by atoms with Crippen LogP contribution in [0.15, 0.2) is 18.2 Å². The van der Waals surface area contributed by atoms with Gasteiger partial charge in [0.05, 0.1) is 13.2 Å². The first-order valence-corrected chi connectivity index (χ1v) is 10.1. The Balaban J connectivity index is 0.00000150. The Morgan fingerprint density at radius 1 is 1.00 bits per heavy atom. The van der Waals surface area contributed by atoms with Gasteiger partial charge in [0.2, 0.25) is 0 Å². The summed E-state index contributed by atoms with van der Waals surface area (Å²) in [6.45, 7) is 13.4. The Morgan fingerprint density at radius 2 is 1.47 bits per heavy atom. The zero-order valence-corrected chi connectivity index (χ0v) is 19.0. The van der Waals surface area contributed by atoms with Gasteiger partial charge in [-0.1, -0.05) is 45.9 Å². The minimum atomic E-state index is -0.968. The fourth-order valence-electron chi connectivity index (χ4n) is 2.58. The lowest BCUT2D eigenvalue weighted by molar-refractivity contribution is -0.166. The van der Waals surface area contributed by atoms with Crippen molar-refractivity contribution in [2.24, 2.45) is 5.73 Å². The van der Waals surface area contributed by atoms with Gasteiger partial charge in [-0.05, 0) is 43.7 Å². The van der Waals surface area contributed by atoms with E-state index in [2.05, 4.69) is 50.9 Å². The van der Waals surface area contributed by atoms with Gasteiger partial charge in [-0.15, -0.1) is 0 Å². The maximum atomic E-state index is 12.3. The van der Waals surface area contributed by atoms with Crippen molar-refractivity contribution in [2.45, 2.75) is 72.4 Å². The second-order valence-corrected chi connectivity index (χ2v) is 7.42. The van der Waals surface area contributed by atoms with Crippen LogP contribution in [-0.2, 0) is 23.9 Å². The molecule has 0 heterocycles.